The normalized spacial score (nSPS) is 12.6. The average Bonchev–Trinajstić information content (AvgIpc) is 2.81. The van der Waals surface area contributed by atoms with Crippen molar-refractivity contribution in [2.75, 3.05) is 0 Å². The number of benzene rings is 3. The fourth-order valence-electron chi connectivity index (χ4n) is 4.45. The maximum Gasteiger partial charge on any atom is 0.243 e. The Morgan fingerprint density at radius 2 is 1.43 bits per heavy atom. The molecule has 0 aromatic heterocycles. The van der Waals surface area contributed by atoms with E-state index < -0.39 is 6.04 Å². The summed E-state index contributed by atoms with van der Waals surface area (Å²) in [6.45, 7) is 10.6. The van der Waals surface area contributed by atoms with Crippen molar-refractivity contribution in [2.24, 2.45) is 0 Å². The largest absolute Gasteiger partial charge is 0.352 e. The number of rotatable bonds is 10. The van der Waals surface area contributed by atoms with Gasteiger partial charge in [0.1, 0.15) is 6.04 Å². The molecule has 0 heterocycles. The molecule has 0 aliphatic heterocycles. The van der Waals surface area contributed by atoms with Crippen LogP contribution < -0.4 is 5.32 Å². The predicted molar refractivity (Wildman–Crippen MR) is 143 cm³/mol. The molecule has 3 rings (SSSR count). The van der Waals surface area contributed by atoms with Crippen LogP contribution in [-0.2, 0) is 29.0 Å². The first kappa shape index (κ1) is 26.2. The first-order valence-corrected chi connectivity index (χ1v) is 12.5. The van der Waals surface area contributed by atoms with Crippen LogP contribution in [0.1, 0.15) is 53.6 Å². The van der Waals surface area contributed by atoms with Gasteiger partial charge in [-0.05, 0) is 50.8 Å². The Morgan fingerprint density at radius 3 is 2.06 bits per heavy atom. The Bertz CT molecular complexity index is 1120. The van der Waals surface area contributed by atoms with Crippen molar-refractivity contribution in [2.45, 2.75) is 72.5 Å². The van der Waals surface area contributed by atoms with Gasteiger partial charge in [0, 0.05) is 19.0 Å². The lowest BCUT2D eigenvalue weighted by atomic mass is 10.00. The molecule has 0 aliphatic rings. The predicted octanol–water partition coefficient (Wildman–Crippen LogP) is 5.71. The third-order valence-electron chi connectivity index (χ3n) is 6.34. The molecule has 4 nitrogen and oxygen atoms in total. The highest BCUT2D eigenvalue weighted by Gasteiger charge is 2.31. The van der Waals surface area contributed by atoms with Gasteiger partial charge in [0.25, 0.3) is 0 Å². The Balaban J connectivity index is 1.99. The summed E-state index contributed by atoms with van der Waals surface area (Å²) in [6.07, 6.45) is 1.56. The van der Waals surface area contributed by atoms with Gasteiger partial charge in [0.15, 0.2) is 0 Å². The fourth-order valence-corrected chi connectivity index (χ4v) is 4.45. The molecular formula is C31H38N2O2. The lowest BCUT2D eigenvalue weighted by molar-refractivity contribution is -0.141. The second kappa shape index (κ2) is 12.3. The summed E-state index contributed by atoms with van der Waals surface area (Å²) in [5.41, 5.74) is 6.43. The van der Waals surface area contributed by atoms with Crippen molar-refractivity contribution in [3.8, 4) is 0 Å². The smallest absolute Gasteiger partial charge is 0.243 e. The van der Waals surface area contributed by atoms with Crippen LogP contribution in [0.25, 0.3) is 0 Å². The summed E-state index contributed by atoms with van der Waals surface area (Å²) in [4.78, 5) is 29.2. The second-order valence-electron chi connectivity index (χ2n) is 9.71. The highest BCUT2D eigenvalue weighted by Crippen LogP contribution is 2.18. The lowest BCUT2D eigenvalue weighted by Crippen LogP contribution is -2.52. The van der Waals surface area contributed by atoms with Crippen LogP contribution in [-0.4, -0.2) is 28.8 Å². The highest BCUT2D eigenvalue weighted by atomic mass is 16.2. The van der Waals surface area contributed by atoms with E-state index in [0.717, 1.165) is 39.8 Å². The van der Waals surface area contributed by atoms with Crippen molar-refractivity contribution in [1.82, 2.24) is 10.2 Å². The molecule has 0 aliphatic carbocycles. The van der Waals surface area contributed by atoms with Gasteiger partial charge in [0.2, 0.25) is 11.8 Å². The van der Waals surface area contributed by atoms with Crippen LogP contribution >= 0.6 is 0 Å². The van der Waals surface area contributed by atoms with Crippen molar-refractivity contribution >= 4 is 11.8 Å². The van der Waals surface area contributed by atoms with Gasteiger partial charge in [-0.2, -0.15) is 0 Å². The molecule has 0 bridgehead atoms. The van der Waals surface area contributed by atoms with Crippen LogP contribution in [0.15, 0.2) is 72.8 Å². The standard InChI is InChI=1S/C31H38N2O2/c1-6-25(5)32-31(35)29(19-26-12-8-7-9-13-26)33(21-27-14-10-11-22(2)16-27)30(34)20-28-17-23(3)15-24(4)18-28/h7-18,25,29H,6,19-21H2,1-5H3,(H,32,35)/t25-,29-/m1/s1. The number of carbonyl (C=O) groups is 2. The monoisotopic (exact) mass is 470 g/mol. The summed E-state index contributed by atoms with van der Waals surface area (Å²) in [7, 11) is 0. The van der Waals surface area contributed by atoms with E-state index in [1.165, 1.54) is 0 Å². The zero-order valence-corrected chi connectivity index (χ0v) is 21.7. The average molecular weight is 471 g/mol. The Hall–Kier alpha value is -3.40. The van der Waals surface area contributed by atoms with E-state index in [4.69, 9.17) is 0 Å². The molecule has 0 fully saturated rings. The summed E-state index contributed by atoms with van der Waals surface area (Å²) < 4.78 is 0. The molecule has 4 heteroatoms. The van der Waals surface area contributed by atoms with Gasteiger partial charge >= 0.3 is 0 Å². The van der Waals surface area contributed by atoms with Gasteiger partial charge in [-0.25, -0.2) is 0 Å². The Kier molecular flexibility index (Phi) is 9.25. The number of carbonyl (C=O) groups excluding carboxylic acids is 2. The lowest BCUT2D eigenvalue weighted by Gasteiger charge is -2.32. The molecule has 35 heavy (non-hydrogen) atoms. The number of hydrogen-bond acceptors (Lipinski definition) is 2. The summed E-state index contributed by atoms with van der Waals surface area (Å²) >= 11 is 0. The molecule has 0 saturated heterocycles. The first-order valence-electron chi connectivity index (χ1n) is 12.5. The molecule has 0 unspecified atom stereocenters. The van der Waals surface area contributed by atoms with Gasteiger partial charge < -0.3 is 10.2 Å². The number of aryl methyl sites for hydroxylation is 3. The Labute approximate surface area is 210 Å². The van der Waals surface area contributed by atoms with E-state index in [1.54, 1.807) is 4.90 Å². The van der Waals surface area contributed by atoms with E-state index in [0.29, 0.717) is 13.0 Å². The highest BCUT2D eigenvalue weighted by molar-refractivity contribution is 5.89. The molecule has 0 radical (unpaired) electrons. The fraction of sp³-hybridized carbons (Fsp3) is 0.355. The van der Waals surface area contributed by atoms with E-state index in [-0.39, 0.29) is 24.3 Å². The van der Waals surface area contributed by atoms with E-state index in [1.807, 2.05) is 83.1 Å². The zero-order chi connectivity index (χ0) is 25.4. The van der Waals surface area contributed by atoms with Crippen molar-refractivity contribution < 1.29 is 9.59 Å². The molecule has 2 atom stereocenters. The maximum atomic E-state index is 13.9. The first-order chi connectivity index (χ1) is 16.7. The SMILES string of the molecule is CC[C@@H](C)NC(=O)[C@@H](Cc1ccccc1)N(Cc1cccc(C)c1)C(=O)Cc1cc(C)cc(C)c1. The Morgan fingerprint density at radius 1 is 0.800 bits per heavy atom. The van der Waals surface area contributed by atoms with E-state index in [9.17, 15) is 9.59 Å². The minimum absolute atomic E-state index is 0.0381. The van der Waals surface area contributed by atoms with Crippen LogP contribution in [0.5, 0.6) is 0 Å². The van der Waals surface area contributed by atoms with Crippen molar-refractivity contribution in [1.29, 1.82) is 0 Å². The molecule has 1 N–H and O–H groups in total. The quantitative estimate of drug-likeness (QED) is 0.413. The summed E-state index contributed by atoms with van der Waals surface area (Å²) in [5.74, 6) is -0.152. The summed E-state index contributed by atoms with van der Waals surface area (Å²) in [6, 6.07) is 23.8. The van der Waals surface area contributed by atoms with Crippen LogP contribution in [0.4, 0.5) is 0 Å². The topological polar surface area (TPSA) is 49.4 Å². The van der Waals surface area contributed by atoms with Gasteiger partial charge in [0.05, 0.1) is 6.42 Å². The zero-order valence-electron chi connectivity index (χ0n) is 21.7. The van der Waals surface area contributed by atoms with Crippen LogP contribution in [0, 0.1) is 20.8 Å². The van der Waals surface area contributed by atoms with Crippen molar-refractivity contribution in [3.05, 3.63) is 106 Å². The molecule has 0 spiro atoms. The van der Waals surface area contributed by atoms with Gasteiger partial charge in [-0.3, -0.25) is 9.59 Å². The molecule has 184 valence electrons. The molecule has 3 aromatic carbocycles. The van der Waals surface area contributed by atoms with Crippen LogP contribution in [0.3, 0.4) is 0 Å². The van der Waals surface area contributed by atoms with Crippen molar-refractivity contribution in [3.63, 3.8) is 0 Å². The van der Waals surface area contributed by atoms with Crippen LogP contribution in [0.2, 0.25) is 0 Å². The minimum atomic E-state index is -0.606. The summed E-state index contributed by atoms with van der Waals surface area (Å²) in [5, 5.41) is 3.13. The molecular weight excluding hydrogens is 432 g/mol. The number of hydrogen-bond donors (Lipinski definition) is 1. The van der Waals surface area contributed by atoms with E-state index >= 15 is 0 Å². The molecule has 0 saturated carbocycles. The van der Waals surface area contributed by atoms with Gasteiger partial charge in [-0.1, -0.05) is 96.4 Å². The number of nitrogens with zero attached hydrogens (tertiary/aromatic N) is 1. The second-order valence-corrected chi connectivity index (χ2v) is 9.71. The number of nitrogens with one attached hydrogen (secondary N) is 1. The third-order valence-corrected chi connectivity index (χ3v) is 6.34. The van der Waals surface area contributed by atoms with Gasteiger partial charge in [-0.15, -0.1) is 0 Å². The molecule has 3 aromatic rings. The molecule has 2 amide bonds. The minimum Gasteiger partial charge on any atom is -0.352 e. The third kappa shape index (κ3) is 7.81. The number of amides is 2. The maximum absolute atomic E-state index is 13.9. The van der Waals surface area contributed by atoms with E-state index in [2.05, 4.69) is 29.6 Å².